The molecule has 2 aromatic rings. The number of aromatic nitrogens is 2. The van der Waals surface area contributed by atoms with Crippen LogP contribution in [0.25, 0.3) is 0 Å². The molecule has 94 valence electrons. The highest BCUT2D eigenvalue weighted by atomic mass is 32.1. The maximum absolute atomic E-state index is 11.1. The number of nitrogens with one attached hydrogen (secondary N) is 1. The Bertz CT molecular complexity index is 580. The van der Waals surface area contributed by atoms with Crippen LogP contribution in [-0.4, -0.2) is 21.0 Å². The molecule has 2 heterocycles. The van der Waals surface area contributed by atoms with Crippen LogP contribution in [0.15, 0.2) is 18.3 Å². The highest BCUT2D eigenvalue weighted by molar-refractivity contribution is 7.11. The largest absolute Gasteiger partial charge is 0.478 e. The Morgan fingerprint density at radius 3 is 2.83 bits per heavy atom. The predicted molar refractivity (Wildman–Crippen MR) is 70.1 cm³/mol. The Morgan fingerprint density at radius 2 is 2.22 bits per heavy atom. The summed E-state index contributed by atoms with van der Waals surface area (Å²) < 4.78 is 0. The van der Waals surface area contributed by atoms with Gasteiger partial charge in [-0.1, -0.05) is 0 Å². The summed E-state index contributed by atoms with van der Waals surface area (Å²) >= 11 is 1.58. The van der Waals surface area contributed by atoms with Crippen molar-refractivity contribution < 1.29 is 9.90 Å². The molecule has 0 aliphatic carbocycles. The standard InChI is InChI=1S/C12H13N3O2S/c1-7-3-4-9(12(16)17)11(15-7)14-6-10-13-5-8(2)18-10/h3-5H,6H2,1-2H3,(H,14,15)(H,16,17). The predicted octanol–water partition coefficient (Wildman–Crippen LogP) is 2.47. The molecule has 2 N–H and O–H groups in total. The molecule has 0 fully saturated rings. The number of hydrogen-bond donors (Lipinski definition) is 2. The third-order valence-corrected chi connectivity index (χ3v) is 3.25. The first kappa shape index (κ1) is 12.5. The van der Waals surface area contributed by atoms with E-state index in [9.17, 15) is 4.79 Å². The van der Waals surface area contributed by atoms with E-state index in [0.717, 1.165) is 15.6 Å². The number of aromatic carboxylic acids is 1. The Kier molecular flexibility index (Phi) is 3.57. The van der Waals surface area contributed by atoms with Gasteiger partial charge in [0.25, 0.3) is 0 Å². The van der Waals surface area contributed by atoms with E-state index in [1.54, 1.807) is 29.7 Å². The van der Waals surface area contributed by atoms with Crippen molar-refractivity contribution in [2.24, 2.45) is 0 Å². The lowest BCUT2D eigenvalue weighted by Crippen LogP contribution is -2.08. The number of nitrogens with zero attached hydrogens (tertiary/aromatic N) is 2. The molecule has 6 heteroatoms. The molecular weight excluding hydrogens is 250 g/mol. The van der Waals surface area contributed by atoms with Crippen LogP contribution in [0.3, 0.4) is 0 Å². The van der Waals surface area contributed by atoms with Crippen molar-refractivity contribution >= 4 is 23.1 Å². The van der Waals surface area contributed by atoms with Crippen molar-refractivity contribution in [3.63, 3.8) is 0 Å². The monoisotopic (exact) mass is 263 g/mol. The number of aryl methyl sites for hydroxylation is 2. The first-order chi connectivity index (χ1) is 8.56. The van der Waals surface area contributed by atoms with Crippen LogP contribution >= 0.6 is 11.3 Å². The van der Waals surface area contributed by atoms with Gasteiger partial charge in [0.05, 0.1) is 6.54 Å². The van der Waals surface area contributed by atoms with Gasteiger partial charge in [-0.15, -0.1) is 11.3 Å². The maximum Gasteiger partial charge on any atom is 0.339 e. The number of carbonyl (C=O) groups is 1. The van der Waals surface area contributed by atoms with Crippen molar-refractivity contribution in [2.75, 3.05) is 5.32 Å². The fourth-order valence-electron chi connectivity index (χ4n) is 1.51. The quantitative estimate of drug-likeness (QED) is 0.886. The van der Waals surface area contributed by atoms with Gasteiger partial charge in [0.2, 0.25) is 0 Å². The van der Waals surface area contributed by atoms with E-state index in [1.165, 1.54) is 0 Å². The van der Waals surface area contributed by atoms with Crippen LogP contribution in [-0.2, 0) is 6.54 Å². The zero-order valence-corrected chi connectivity index (χ0v) is 10.9. The maximum atomic E-state index is 11.1. The summed E-state index contributed by atoms with van der Waals surface area (Å²) in [4.78, 5) is 20.6. The van der Waals surface area contributed by atoms with Gasteiger partial charge in [0.15, 0.2) is 0 Å². The average molecular weight is 263 g/mol. The second-order valence-corrected chi connectivity index (χ2v) is 5.19. The average Bonchev–Trinajstić information content (AvgIpc) is 2.72. The Labute approximate surface area is 109 Å². The van der Waals surface area contributed by atoms with Crippen LogP contribution in [0.1, 0.15) is 25.9 Å². The summed E-state index contributed by atoms with van der Waals surface area (Å²) in [6.07, 6.45) is 1.80. The SMILES string of the molecule is Cc1ccc(C(=O)O)c(NCc2ncc(C)s2)n1. The zero-order valence-electron chi connectivity index (χ0n) is 10.1. The van der Waals surface area contributed by atoms with Crippen molar-refractivity contribution in [2.45, 2.75) is 20.4 Å². The molecule has 0 aliphatic rings. The number of carboxylic acids is 1. The van der Waals surface area contributed by atoms with Gasteiger partial charge >= 0.3 is 5.97 Å². The minimum atomic E-state index is -0.986. The molecule has 0 aromatic carbocycles. The van der Waals surface area contributed by atoms with Crippen LogP contribution in [0.5, 0.6) is 0 Å². The number of hydrogen-bond acceptors (Lipinski definition) is 5. The van der Waals surface area contributed by atoms with Gasteiger partial charge in [0, 0.05) is 16.8 Å². The first-order valence-corrected chi connectivity index (χ1v) is 6.24. The molecule has 18 heavy (non-hydrogen) atoms. The Hall–Kier alpha value is -1.95. The zero-order chi connectivity index (χ0) is 13.1. The lowest BCUT2D eigenvalue weighted by atomic mass is 10.2. The normalized spacial score (nSPS) is 10.3. The topological polar surface area (TPSA) is 75.1 Å². The molecule has 0 saturated carbocycles. The van der Waals surface area contributed by atoms with Crippen molar-refractivity contribution in [1.29, 1.82) is 0 Å². The van der Waals surface area contributed by atoms with Gasteiger partial charge in [-0.05, 0) is 26.0 Å². The number of anilines is 1. The molecule has 0 bridgehead atoms. The lowest BCUT2D eigenvalue weighted by molar-refractivity contribution is 0.0697. The molecule has 0 atom stereocenters. The molecule has 5 nitrogen and oxygen atoms in total. The van der Waals surface area contributed by atoms with Crippen LogP contribution in [0, 0.1) is 13.8 Å². The third-order valence-electron chi connectivity index (χ3n) is 2.34. The van der Waals surface area contributed by atoms with Crippen LogP contribution in [0.4, 0.5) is 5.82 Å². The van der Waals surface area contributed by atoms with Gasteiger partial charge < -0.3 is 10.4 Å². The van der Waals surface area contributed by atoms with Crippen LogP contribution in [0.2, 0.25) is 0 Å². The van der Waals surface area contributed by atoms with Crippen molar-refractivity contribution in [3.8, 4) is 0 Å². The number of rotatable bonds is 4. The summed E-state index contributed by atoms with van der Waals surface area (Å²) in [6, 6.07) is 3.24. The highest BCUT2D eigenvalue weighted by Gasteiger charge is 2.11. The van der Waals surface area contributed by atoms with Gasteiger partial charge in [-0.3, -0.25) is 0 Å². The lowest BCUT2D eigenvalue weighted by Gasteiger charge is -2.07. The summed E-state index contributed by atoms with van der Waals surface area (Å²) in [5.41, 5.74) is 0.951. The van der Waals surface area contributed by atoms with Crippen molar-refractivity contribution in [1.82, 2.24) is 9.97 Å². The first-order valence-electron chi connectivity index (χ1n) is 5.42. The number of pyridine rings is 1. The smallest absolute Gasteiger partial charge is 0.339 e. The Morgan fingerprint density at radius 1 is 1.44 bits per heavy atom. The molecule has 2 aromatic heterocycles. The summed E-state index contributed by atoms with van der Waals surface area (Å²) in [5, 5.41) is 13.0. The van der Waals surface area contributed by atoms with E-state index in [0.29, 0.717) is 12.4 Å². The summed E-state index contributed by atoms with van der Waals surface area (Å²) in [6.45, 7) is 4.29. The fourth-order valence-corrected chi connectivity index (χ4v) is 2.23. The number of thiazole rings is 1. The minimum Gasteiger partial charge on any atom is -0.478 e. The molecule has 0 unspecified atom stereocenters. The molecule has 0 spiro atoms. The second kappa shape index (κ2) is 5.14. The number of carboxylic acid groups (broad SMARTS) is 1. The van der Waals surface area contributed by atoms with Gasteiger partial charge in [0.1, 0.15) is 16.4 Å². The van der Waals surface area contributed by atoms with Crippen molar-refractivity contribution in [3.05, 3.63) is 39.5 Å². The van der Waals surface area contributed by atoms with E-state index < -0.39 is 5.97 Å². The molecule has 2 rings (SSSR count). The highest BCUT2D eigenvalue weighted by Crippen LogP contribution is 2.16. The minimum absolute atomic E-state index is 0.175. The second-order valence-electron chi connectivity index (χ2n) is 3.87. The summed E-state index contributed by atoms with van der Waals surface area (Å²) in [7, 11) is 0. The molecule has 0 saturated heterocycles. The van der Waals surface area contributed by atoms with Crippen LogP contribution < -0.4 is 5.32 Å². The molecule has 0 radical (unpaired) electrons. The van der Waals surface area contributed by atoms with E-state index in [4.69, 9.17) is 5.11 Å². The van der Waals surface area contributed by atoms with E-state index in [2.05, 4.69) is 15.3 Å². The fraction of sp³-hybridized carbons (Fsp3) is 0.250. The molecule has 0 amide bonds. The third kappa shape index (κ3) is 2.84. The molecular formula is C12H13N3O2S. The Balaban J connectivity index is 2.17. The van der Waals surface area contributed by atoms with E-state index >= 15 is 0 Å². The molecule has 0 aliphatic heterocycles. The van der Waals surface area contributed by atoms with E-state index in [1.807, 2.05) is 13.8 Å². The van der Waals surface area contributed by atoms with E-state index in [-0.39, 0.29) is 5.56 Å². The van der Waals surface area contributed by atoms with Gasteiger partial charge in [-0.25, -0.2) is 14.8 Å². The summed E-state index contributed by atoms with van der Waals surface area (Å²) in [5.74, 6) is -0.601. The van der Waals surface area contributed by atoms with Gasteiger partial charge in [-0.2, -0.15) is 0 Å².